The number of benzene rings is 2. The Morgan fingerprint density at radius 3 is 2.43 bits per heavy atom. The third kappa shape index (κ3) is 5.26. The van der Waals surface area contributed by atoms with Gasteiger partial charge in [0, 0.05) is 20.0 Å². The number of carbonyl (C=O) groups is 3. The Kier molecular flexibility index (Phi) is 7.06. The van der Waals surface area contributed by atoms with Crippen molar-refractivity contribution in [3.8, 4) is 0 Å². The van der Waals surface area contributed by atoms with Gasteiger partial charge in [0.2, 0.25) is 11.8 Å². The fourth-order valence-corrected chi connectivity index (χ4v) is 2.88. The molecule has 0 fully saturated rings. The van der Waals surface area contributed by atoms with Crippen LogP contribution >= 0.6 is 11.6 Å². The molecule has 2 aromatic carbocycles. The smallest absolute Gasteiger partial charge is 0.252 e. The number of nitrogens with zero attached hydrogens (tertiary/aromatic N) is 1. The van der Waals surface area contributed by atoms with Crippen LogP contribution in [0.25, 0.3) is 0 Å². The third-order valence-corrected chi connectivity index (χ3v) is 4.33. The number of carbonyl (C=O) groups excluding carboxylic acids is 3. The molecule has 2 rings (SSSR count). The second kappa shape index (κ2) is 9.27. The van der Waals surface area contributed by atoms with E-state index in [0.717, 1.165) is 23.1 Å². The Bertz CT molecular complexity index is 908. The van der Waals surface area contributed by atoms with Crippen LogP contribution in [-0.4, -0.2) is 36.2 Å². The van der Waals surface area contributed by atoms with Crippen LogP contribution < -0.4 is 11.1 Å². The summed E-state index contributed by atoms with van der Waals surface area (Å²) in [7, 11) is 1.36. The Hall–Kier alpha value is -3.00. The van der Waals surface area contributed by atoms with E-state index in [0.29, 0.717) is 0 Å². The molecule has 6 nitrogen and oxygen atoms in total. The van der Waals surface area contributed by atoms with Crippen molar-refractivity contribution < 1.29 is 23.2 Å². The first-order chi connectivity index (χ1) is 13.2. The second-order valence-electron chi connectivity index (χ2n) is 5.99. The lowest BCUT2D eigenvalue weighted by Gasteiger charge is -2.26. The van der Waals surface area contributed by atoms with Crippen molar-refractivity contribution >= 4 is 29.3 Å². The molecule has 3 N–H and O–H groups in total. The molecule has 2 aromatic rings. The minimum Gasteiger partial charge on any atom is -0.368 e. The Morgan fingerprint density at radius 2 is 1.82 bits per heavy atom. The summed E-state index contributed by atoms with van der Waals surface area (Å²) >= 11 is 5.82. The molecule has 9 heteroatoms. The highest BCUT2D eigenvalue weighted by molar-refractivity contribution is 6.33. The molecular weight excluding hydrogens is 392 g/mol. The van der Waals surface area contributed by atoms with Crippen LogP contribution in [0.3, 0.4) is 0 Å². The predicted molar refractivity (Wildman–Crippen MR) is 99.5 cm³/mol. The van der Waals surface area contributed by atoms with Gasteiger partial charge < -0.3 is 16.0 Å². The first-order valence-electron chi connectivity index (χ1n) is 8.24. The zero-order valence-electron chi connectivity index (χ0n) is 14.9. The van der Waals surface area contributed by atoms with Crippen LogP contribution in [0.4, 0.5) is 8.78 Å². The fraction of sp³-hybridized carbons (Fsp3) is 0.211. The number of likely N-dealkylation sites (N-methyl/N-ethyl adjacent to an activating group) is 1. The lowest BCUT2D eigenvalue weighted by Crippen LogP contribution is -2.40. The number of rotatable bonds is 7. The van der Waals surface area contributed by atoms with Crippen LogP contribution in [0.2, 0.25) is 5.02 Å². The summed E-state index contributed by atoms with van der Waals surface area (Å²) in [4.78, 5) is 37.3. The summed E-state index contributed by atoms with van der Waals surface area (Å²) in [6, 6.07) is 7.41. The van der Waals surface area contributed by atoms with Gasteiger partial charge in [-0.3, -0.25) is 14.4 Å². The summed E-state index contributed by atoms with van der Waals surface area (Å²) in [6.45, 7) is -0.0512. The quantitative estimate of drug-likeness (QED) is 0.735. The summed E-state index contributed by atoms with van der Waals surface area (Å²) < 4.78 is 26.5. The highest BCUT2D eigenvalue weighted by Gasteiger charge is 2.26. The summed E-state index contributed by atoms with van der Waals surface area (Å²) in [5.41, 5.74) is 5.68. The van der Waals surface area contributed by atoms with Crippen LogP contribution in [0.5, 0.6) is 0 Å². The fourth-order valence-electron chi connectivity index (χ4n) is 2.63. The summed E-state index contributed by atoms with van der Waals surface area (Å²) in [5, 5.41) is 2.44. The molecule has 0 aliphatic carbocycles. The van der Waals surface area contributed by atoms with E-state index in [1.807, 2.05) is 0 Å². The van der Waals surface area contributed by atoms with Gasteiger partial charge in [-0.05, 0) is 35.9 Å². The van der Waals surface area contributed by atoms with E-state index in [1.165, 1.54) is 31.3 Å². The second-order valence-corrected chi connectivity index (χ2v) is 6.40. The number of primary amides is 1. The molecule has 0 aromatic heterocycles. The lowest BCUT2D eigenvalue weighted by molar-refractivity contribution is -0.137. The van der Waals surface area contributed by atoms with Gasteiger partial charge >= 0.3 is 0 Å². The predicted octanol–water partition coefficient (Wildman–Crippen LogP) is 2.42. The highest BCUT2D eigenvalue weighted by atomic mass is 35.5. The highest BCUT2D eigenvalue weighted by Crippen LogP contribution is 2.21. The Labute approximate surface area is 165 Å². The number of nitrogens with two attached hydrogens (primary N) is 1. The number of hydrogen-bond donors (Lipinski definition) is 2. The van der Waals surface area contributed by atoms with Gasteiger partial charge in [0.15, 0.2) is 0 Å². The van der Waals surface area contributed by atoms with Crippen LogP contribution in [0, 0.1) is 11.6 Å². The Balaban J connectivity index is 1.99. The van der Waals surface area contributed by atoms with Gasteiger partial charge in [-0.25, -0.2) is 8.78 Å². The zero-order chi connectivity index (χ0) is 20.8. The van der Waals surface area contributed by atoms with Crippen LogP contribution in [0.1, 0.15) is 28.4 Å². The molecule has 28 heavy (non-hydrogen) atoms. The average Bonchev–Trinajstić information content (AvgIpc) is 2.61. The summed E-state index contributed by atoms with van der Waals surface area (Å²) in [5.74, 6) is -3.01. The van der Waals surface area contributed by atoms with Gasteiger partial charge in [-0.2, -0.15) is 0 Å². The normalized spacial score (nSPS) is 11.6. The van der Waals surface area contributed by atoms with Crippen molar-refractivity contribution in [2.75, 3.05) is 13.6 Å². The van der Waals surface area contributed by atoms with E-state index in [-0.39, 0.29) is 29.1 Å². The van der Waals surface area contributed by atoms with E-state index in [9.17, 15) is 23.2 Å². The monoisotopic (exact) mass is 409 g/mol. The largest absolute Gasteiger partial charge is 0.368 e. The van der Waals surface area contributed by atoms with Gasteiger partial charge in [-0.15, -0.1) is 0 Å². The molecule has 0 bridgehead atoms. The molecule has 0 saturated heterocycles. The topological polar surface area (TPSA) is 92.5 Å². The van der Waals surface area contributed by atoms with E-state index in [2.05, 4.69) is 5.32 Å². The maximum atomic E-state index is 13.4. The molecule has 0 heterocycles. The maximum Gasteiger partial charge on any atom is 0.252 e. The van der Waals surface area contributed by atoms with Gasteiger partial charge in [0.05, 0.1) is 10.6 Å². The van der Waals surface area contributed by atoms with Crippen molar-refractivity contribution in [2.45, 2.75) is 12.5 Å². The molecule has 148 valence electrons. The average molecular weight is 410 g/mol. The molecule has 3 amide bonds. The molecule has 1 unspecified atom stereocenters. The molecule has 0 saturated carbocycles. The summed E-state index contributed by atoms with van der Waals surface area (Å²) in [6.07, 6.45) is -0.139. The Morgan fingerprint density at radius 1 is 1.14 bits per heavy atom. The van der Waals surface area contributed by atoms with Crippen molar-refractivity contribution in [3.05, 3.63) is 70.2 Å². The van der Waals surface area contributed by atoms with Crippen LogP contribution in [0.15, 0.2) is 42.5 Å². The molecule has 1 atom stereocenters. The molecule has 0 aliphatic heterocycles. The first-order valence-corrected chi connectivity index (χ1v) is 8.62. The van der Waals surface area contributed by atoms with Gasteiger partial charge in [0.1, 0.15) is 17.7 Å². The van der Waals surface area contributed by atoms with E-state index in [1.54, 1.807) is 0 Å². The van der Waals surface area contributed by atoms with Gasteiger partial charge in [0.25, 0.3) is 5.91 Å². The van der Waals surface area contributed by atoms with E-state index < -0.39 is 35.4 Å². The standard InChI is InChI=1S/C19H18ClF2N3O3/c1-25(17(18(23)27)11-3-2-4-12(21)9-11)16(26)7-8-24-19(28)14-6-5-13(22)10-15(14)20/h2-6,9-10,17H,7-8H2,1H3,(H2,23,27)(H,24,28). The van der Waals surface area contributed by atoms with E-state index >= 15 is 0 Å². The molecular formula is C19H18ClF2N3O3. The van der Waals surface area contributed by atoms with Crippen molar-refractivity contribution in [3.63, 3.8) is 0 Å². The molecule has 0 aliphatic rings. The maximum absolute atomic E-state index is 13.4. The number of nitrogens with one attached hydrogen (secondary N) is 1. The van der Waals surface area contributed by atoms with Crippen molar-refractivity contribution in [1.29, 1.82) is 0 Å². The minimum absolute atomic E-state index is 0.0512. The first kappa shape index (κ1) is 21.3. The number of hydrogen-bond acceptors (Lipinski definition) is 3. The van der Waals surface area contributed by atoms with Crippen molar-refractivity contribution in [1.82, 2.24) is 10.2 Å². The zero-order valence-corrected chi connectivity index (χ0v) is 15.7. The molecule has 0 spiro atoms. The SMILES string of the molecule is CN(C(=O)CCNC(=O)c1ccc(F)cc1Cl)C(C(N)=O)c1cccc(F)c1. The van der Waals surface area contributed by atoms with Gasteiger partial charge in [-0.1, -0.05) is 23.7 Å². The molecule has 0 radical (unpaired) electrons. The third-order valence-electron chi connectivity index (χ3n) is 4.01. The number of halogens is 3. The number of amides is 3. The minimum atomic E-state index is -1.15. The van der Waals surface area contributed by atoms with Crippen LogP contribution in [-0.2, 0) is 9.59 Å². The lowest BCUT2D eigenvalue weighted by atomic mass is 10.0. The van der Waals surface area contributed by atoms with Crippen molar-refractivity contribution in [2.24, 2.45) is 5.73 Å². The van der Waals surface area contributed by atoms with E-state index in [4.69, 9.17) is 17.3 Å².